The van der Waals surface area contributed by atoms with Crippen LogP contribution in [0.3, 0.4) is 0 Å². The van der Waals surface area contributed by atoms with Crippen LogP contribution in [-0.2, 0) is 0 Å². The summed E-state index contributed by atoms with van der Waals surface area (Å²) in [5.41, 5.74) is 0.213. The highest BCUT2D eigenvalue weighted by Gasteiger charge is 2.07. The topological polar surface area (TPSA) is 9.23 Å². The number of hydrogen-bond donors (Lipinski definition) is 0. The molecule has 1 aromatic carbocycles. The molecule has 0 aliphatic rings. The first-order chi connectivity index (χ1) is 5.15. The molecule has 1 nitrogen and oxygen atoms in total. The molecule has 0 amide bonds. The SMILES string of the molecule is [CH2]c1cc(F)cc(F)c1OC. The molecule has 3 heteroatoms. The van der Waals surface area contributed by atoms with Gasteiger partial charge in [0.25, 0.3) is 0 Å². The van der Waals surface area contributed by atoms with E-state index < -0.39 is 11.6 Å². The standard InChI is InChI=1S/C8H7F2O/c1-5-3-6(9)4-7(10)8(5)11-2/h3-4H,1H2,2H3. The van der Waals surface area contributed by atoms with E-state index in [2.05, 4.69) is 11.7 Å². The Morgan fingerprint density at radius 2 is 2.00 bits per heavy atom. The van der Waals surface area contributed by atoms with E-state index in [9.17, 15) is 8.78 Å². The molecule has 0 bridgehead atoms. The van der Waals surface area contributed by atoms with Crippen LogP contribution in [-0.4, -0.2) is 7.11 Å². The van der Waals surface area contributed by atoms with Crippen molar-refractivity contribution in [2.24, 2.45) is 0 Å². The molecule has 0 saturated carbocycles. The van der Waals surface area contributed by atoms with Gasteiger partial charge in [-0.25, -0.2) is 8.78 Å². The number of ether oxygens (including phenoxy) is 1. The summed E-state index contributed by atoms with van der Waals surface area (Å²) in [5.74, 6) is -1.38. The Balaban J connectivity index is 3.25. The van der Waals surface area contributed by atoms with Crippen LogP contribution in [0.1, 0.15) is 5.56 Å². The van der Waals surface area contributed by atoms with Crippen LogP contribution >= 0.6 is 0 Å². The van der Waals surface area contributed by atoms with Gasteiger partial charge in [0, 0.05) is 11.6 Å². The highest BCUT2D eigenvalue weighted by atomic mass is 19.1. The van der Waals surface area contributed by atoms with Gasteiger partial charge >= 0.3 is 0 Å². The Morgan fingerprint density at radius 3 is 2.45 bits per heavy atom. The largest absolute Gasteiger partial charge is 0.493 e. The minimum absolute atomic E-state index is 0.00796. The molecule has 0 N–H and O–H groups in total. The van der Waals surface area contributed by atoms with Gasteiger partial charge in [-0.05, 0) is 13.0 Å². The van der Waals surface area contributed by atoms with Gasteiger partial charge in [-0.3, -0.25) is 0 Å². The number of methoxy groups -OCH3 is 1. The van der Waals surface area contributed by atoms with Gasteiger partial charge in [-0.15, -0.1) is 0 Å². The first-order valence-corrected chi connectivity index (χ1v) is 3.00. The van der Waals surface area contributed by atoms with Gasteiger partial charge in [-0.1, -0.05) is 0 Å². The lowest BCUT2D eigenvalue weighted by Crippen LogP contribution is -1.92. The fraction of sp³-hybridized carbons (Fsp3) is 0.125. The van der Waals surface area contributed by atoms with E-state index in [1.54, 1.807) is 0 Å². The summed E-state index contributed by atoms with van der Waals surface area (Å²) >= 11 is 0. The zero-order valence-electron chi connectivity index (χ0n) is 6.03. The van der Waals surface area contributed by atoms with Gasteiger partial charge in [0.05, 0.1) is 7.11 Å². The van der Waals surface area contributed by atoms with E-state index in [0.717, 1.165) is 12.1 Å². The van der Waals surface area contributed by atoms with Crippen LogP contribution in [0.5, 0.6) is 5.75 Å². The van der Waals surface area contributed by atoms with Gasteiger partial charge in [0.2, 0.25) is 0 Å². The summed E-state index contributed by atoms with van der Waals surface area (Å²) in [6.45, 7) is 3.41. The van der Waals surface area contributed by atoms with E-state index >= 15 is 0 Å². The Hall–Kier alpha value is -1.12. The van der Waals surface area contributed by atoms with Crippen LogP contribution in [0.15, 0.2) is 12.1 Å². The third-order valence-electron chi connectivity index (χ3n) is 1.29. The summed E-state index contributed by atoms with van der Waals surface area (Å²) in [7, 11) is 1.31. The van der Waals surface area contributed by atoms with Crippen LogP contribution in [0.25, 0.3) is 0 Å². The third kappa shape index (κ3) is 1.48. The van der Waals surface area contributed by atoms with Crippen molar-refractivity contribution in [2.75, 3.05) is 7.11 Å². The molecule has 59 valence electrons. The average Bonchev–Trinajstić information content (AvgIpc) is 1.85. The second-order valence-corrected chi connectivity index (χ2v) is 2.08. The molecule has 1 radical (unpaired) electrons. The predicted molar refractivity (Wildman–Crippen MR) is 37.4 cm³/mol. The van der Waals surface area contributed by atoms with Crippen LogP contribution in [0.4, 0.5) is 8.78 Å². The second-order valence-electron chi connectivity index (χ2n) is 2.08. The van der Waals surface area contributed by atoms with Crippen LogP contribution < -0.4 is 4.74 Å². The van der Waals surface area contributed by atoms with Gasteiger partial charge < -0.3 is 4.74 Å². The molecule has 0 unspecified atom stereocenters. The Bertz CT molecular complexity index is 248. The van der Waals surface area contributed by atoms with E-state index in [-0.39, 0.29) is 11.3 Å². The summed E-state index contributed by atoms with van der Waals surface area (Å²) in [4.78, 5) is 0. The second kappa shape index (κ2) is 2.86. The predicted octanol–water partition coefficient (Wildman–Crippen LogP) is 2.16. The summed E-state index contributed by atoms with van der Waals surface area (Å²) < 4.78 is 29.7. The number of benzene rings is 1. The zero-order valence-corrected chi connectivity index (χ0v) is 6.03. The number of rotatable bonds is 1. The van der Waals surface area contributed by atoms with Crippen molar-refractivity contribution < 1.29 is 13.5 Å². The molecular weight excluding hydrogens is 150 g/mol. The molecule has 0 aromatic heterocycles. The lowest BCUT2D eigenvalue weighted by Gasteiger charge is -2.04. The zero-order chi connectivity index (χ0) is 8.43. The number of halogens is 2. The minimum atomic E-state index is -0.725. The van der Waals surface area contributed by atoms with Gasteiger partial charge in [0.1, 0.15) is 5.82 Å². The van der Waals surface area contributed by atoms with Crippen molar-refractivity contribution in [3.05, 3.63) is 36.3 Å². The van der Waals surface area contributed by atoms with Crippen molar-refractivity contribution in [1.82, 2.24) is 0 Å². The van der Waals surface area contributed by atoms with Crippen molar-refractivity contribution in [2.45, 2.75) is 0 Å². The molecule has 11 heavy (non-hydrogen) atoms. The molecule has 0 fully saturated rings. The molecule has 1 rings (SSSR count). The first-order valence-electron chi connectivity index (χ1n) is 3.00. The lowest BCUT2D eigenvalue weighted by molar-refractivity contribution is 0.382. The van der Waals surface area contributed by atoms with Gasteiger partial charge in [0.15, 0.2) is 11.6 Å². The molecule has 0 heterocycles. The third-order valence-corrected chi connectivity index (χ3v) is 1.29. The maximum absolute atomic E-state index is 12.7. The first kappa shape index (κ1) is 7.98. The highest BCUT2D eigenvalue weighted by Crippen LogP contribution is 2.22. The highest BCUT2D eigenvalue weighted by molar-refractivity contribution is 5.37. The fourth-order valence-electron chi connectivity index (χ4n) is 0.842. The minimum Gasteiger partial charge on any atom is -0.493 e. The van der Waals surface area contributed by atoms with E-state index in [1.807, 2.05) is 0 Å². The van der Waals surface area contributed by atoms with Gasteiger partial charge in [-0.2, -0.15) is 0 Å². The fourth-order valence-corrected chi connectivity index (χ4v) is 0.842. The van der Waals surface area contributed by atoms with Crippen molar-refractivity contribution >= 4 is 0 Å². The number of hydrogen-bond acceptors (Lipinski definition) is 1. The molecule has 0 aliphatic carbocycles. The van der Waals surface area contributed by atoms with E-state index in [4.69, 9.17) is 0 Å². The van der Waals surface area contributed by atoms with E-state index in [1.165, 1.54) is 7.11 Å². The molecular formula is C8H7F2O. The summed E-state index contributed by atoms with van der Waals surface area (Å²) in [5, 5.41) is 0. The summed E-state index contributed by atoms with van der Waals surface area (Å²) in [6.07, 6.45) is 0. The molecule has 0 aliphatic heterocycles. The Kier molecular flexibility index (Phi) is 2.08. The molecule has 0 spiro atoms. The molecule has 1 aromatic rings. The normalized spacial score (nSPS) is 9.82. The van der Waals surface area contributed by atoms with Crippen LogP contribution in [0, 0.1) is 18.6 Å². The van der Waals surface area contributed by atoms with E-state index in [0.29, 0.717) is 0 Å². The Labute approximate surface area is 63.6 Å². The molecule has 0 atom stereocenters. The maximum Gasteiger partial charge on any atom is 0.168 e. The Morgan fingerprint density at radius 1 is 1.36 bits per heavy atom. The van der Waals surface area contributed by atoms with Crippen molar-refractivity contribution in [3.63, 3.8) is 0 Å². The quantitative estimate of drug-likeness (QED) is 0.607. The maximum atomic E-state index is 12.7. The smallest absolute Gasteiger partial charge is 0.168 e. The van der Waals surface area contributed by atoms with Crippen molar-refractivity contribution in [1.29, 1.82) is 0 Å². The lowest BCUT2D eigenvalue weighted by atomic mass is 10.2. The monoisotopic (exact) mass is 157 g/mol. The average molecular weight is 157 g/mol. The van der Waals surface area contributed by atoms with Crippen molar-refractivity contribution in [3.8, 4) is 5.75 Å². The molecule has 0 saturated heterocycles. The van der Waals surface area contributed by atoms with Crippen LogP contribution in [0.2, 0.25) is 0 Å². The summed E-state index contributed by atoms with van der Waals surface area (Å²) in [6, 6.07) is 1.87.